The quantitative estimate of drug-likeness (QED) is 0.861. The van der Waals surface area contributed by atoms with E-state index in [1.165, 1.54) is 18.4 Å². The van der Waals surface area contributed by atoms with Gasteiger partial charge in [0, 0.05) is 27.2 Å². The molecule has 1 aliphatic rings. The third-order valence-corrected chi connectivity index (χ3v) is 3.82. The summed E-state index contributed by atoms with van der Waals surface area (Å²) in [4.78, 5) is 4.75. The molecular weight excluding hydrogens is 264 g/mol. The van der Waals surface area contributed by atoms with Crippen molar-refractivity contribution in [3.8, 4) is 0 Å². The standard InChI is InChI=1S/C13H13BrN2/c1-7-2-5-9(14)12-10(15)6-11(8-3-4-8)16-13(7)12/h2,5-6,8H,3-4H2,1H3,(H2,15,16). The van der Waals surface area contributed by atoms with Crippen LogP contribution in [0.25, 0.3) is 10.9 Å². The smallest absolute Gasteiger partial charge is 0.0766 e. The number of fused-ring (bicyclic) bond motifs is 1. The maximum Gasteiger partial charge on any atom is 0.0766 e. The number of rotatable bonds is 1. The molecule has 1 aromatic heterocycles. The molecule has 0 bridgehead atoms. The van der Waals surface area contributed by atoms with Crippen molar-refractivity contribution >= 4 is 32.5 Å². The van der Waals surface area contributed by atoms with E-state index in [1.807, 2.05) is 12.1 Å². The molecule has 3 rings (SSSR count). The molecule has 0 saturated heterocycles. The number of halogens is 1. The Bertz CT molecular complexity index is 574. The fourth-order valence-electron chi connectivity index (χ4n) is 2.07. The van der Waals surface area contributed by atoms with Gasteiger partial charge in [0.2, 0.25) is 0 Å². The molecule has 0 aliphatic heterocycles. The van der Waals surface area contributed by atoms with Crippen molar-refractivity contribution in [3.05, 3.63) is 33.9 Å². The second kappa shape index (κ2) is 3.45. The highest BCUT2D eigenvalue weighted by Gasteiger charge is 2.26. The minimum absolute atomic E-state index is 0.644. The number of nitrogens with zero attached hydrogens (tertiary/aromatic N) is 1. The van der Waals surface area contributed by atoms with Crippen LogP contribution in [0.4, 0.5) is 5.69 Å². The van der Waals surface area contributed by atoms with Crippen molar-refractivity contribution in [3.63, 3.8) is 0 Å². The molecule has 1 aromatic carbocycles. The van der Waals surface area contributed by atoms with E-state index in [9.17, 15) is 0 Å². The Kier molecular flexibility index (Phi) is 2.18. The van der Waals surface area contributed by atoms with Crippen LogP contribution in [-0.2, 0) is 0 Å². The summed E-state index contributed by atoms with van der Waals surface area (Å²) in [7, 11) is 0. The number of aryl methyl sites for hydroxylation is 1. The van der Waals surface area contributed by atoms with Crippen molar-refractivity contribution in [1.29, 1.82) is 0 Å². The average Bonchev–Trinajstić information content (AvgIpc) is 3.06. The van der Waals surface area contributed by atoms with Crippen molar-refractivity contribution in [2.75, 3.05) is 5.73 Å². The van der Waals surface area contributed by atoms with Crippen molar-refractivity contribution < 1.29 is 0 Å². The third-order valence-electron chi connectivity index (χ3n) is 3.16. The van der Waals surface area contributed by atoms with Gasteiger partial charge in [-0.15, -0.1) is 0 Å². The molecule has 2 N–H and O–H groups in total. The highest BCUT2D eigenvalue weighted by molar-refractivity contribution is 9.10. The minimum atomic E-state index is 0.644. The van der Waals surface area contributed by atoms with Crippen molar-refractivity contribution in [2.24, 2.45) is 0 Å². The summed E-state index contributed by atoms with van der Waals surface area (Å²) in [6.07, 6.45) is 2.51. The lowest BCUT2D eigenvalue weighted by Gasteiger charge is -2.09. The van der Waals surface area contributed by atoms with Crippen LogP contribution in [0.2, 0.25) is 0 Å². The molecule has 16 heavy (non-hydrogen) atoms. The largest absolute Gasteiger partial charge is 0.398 e. The highest BCUT2D eigenvalue weighted by Crippen LogP contribution is 2.41. The van der Waals surface area contributed by atoms with E-state index in [2.05, 4.69) is 28.9 Å². The normalized spacial score (nSPS) is 15.6. The van der Waals surface area contributed by atoms with Gasteiger partial charge in [0.05, 0.1) is 5.52 Å². The first-order valence-electron chi connectivity index (χ1n) is 5.52. The number of benzene rings is 1. The van der Waals surface area contributed by atoms with E-state index in [0.717, 1.165) is 26.8 Å². The highest BCUT2D eigenvalue weighted by atomic mass is 79.9. The summed E-state index contributed by atoms with van der Waals surface area (Å²) in [6, 6.07) is 6.15. The van der Waals surface area contributed by atoms with Crippen LogP contribution in [-0.4, -0.2) is 4.98 Å². The molecule has 0 radical (unpaired) electrons. The maximum absolute atomic E-state index is 6.12. The van der Waals surface area contributed by atoms with Gasteiger partial charge in [-0.25, -0.2) is 0 Å². The molecule has 0 amide bonds. The molecule has 0 spiro atoms. The number of aromatic nitrogens is 1. The molecule has 2 nitrogen and oxygen atoms in total. The summed E-state index contributed by atoms with van der Waals surface area (Å²) >= 11 is 3.54. The molecule has 0 atom stereocenters. The van der Waals surface area contributed by atoms with Crippen molar-refractivity contribution in [1.82, 2.24) is 4.98 Å². The molecular formula is C13H13BrN2. The number of hydrogen-bond acceptors (Lipinski definition) is 2. The number of pyridine rings is 1. The first-order valence-corrected chi connectivity index (χ1v) is 6.31. The van der Waals surface area contributed by atoms with Gasteiger partial charge < -0.3 is 5.73 Å². The zero-order chi connectivity index (χ0) is 11.3. The van der Waals surface area contributed by atoms with Gasteiger partial charge in [0.15, 0.2) is 0 Å². The van der Waals surface area contributed by atoms with Gasteiger partial charge in [-0.1, -0.05) is 22.0 Å². The Labute approximate surface area is 103 Å². The summed E-state index contributed by atoms with van der Waals surface area (Å²) in [6.45, 7) is 2.08. The van der Waals surface area contributed by atoms with Crippen LogP contribution in [0, 0.1) is 6.92 Å². The van der Waals surface area contributed by atoms with Crippen LogP contribution < -0.4 is 5.73 Å². The van der Waals surface area contributed by atoms with E-state index in [1.54, 1.807) is 0 Å². The predicted octanol–water partition coefficient (Wildman–Crippen LogP) is 3.77. The Morgan fingerprint density at radius 2 is 2.12 bits per heavy atom. The van der Waals surface area contributed by atoms with Crippen LogP contribution in [0.15, 0.2) is 22.7 Å². The Morgan fingerprint density at radius 3 is 2.81 bits per heavy atom. The Hall–Kier alpha value is -1.09. The summed E-state index contributed by atoms with van der Waals surface area (Å²) < 4.78 is 1.03. The van der Waals surface area contributed by atoms with E-state index >= 15 is 0 Å². The molecule has 1 saturated carbocycles. The summed E-state index contributed by atoms with van der Waals surface area (Å²) in [5, 5.41) is 1.05. The second-order valence-corrected chi connectivity index (χ2v) is 5.35. The second-order valence-electron chi connectivity index (χ2n) is 4.50. The zero-order valence-electron chi connectivity index (χ0n) is 9.13. The fourth-order valence-corrected chi connectivity index (χ4v) is 2.62. The lowest BCUT2D eigenvalue weighted by Crippen LogP contribution is -1.96. The van der Waals surface area contributed by atoms with Gasteiger partial charge in [-0.05, 0) is 37.5 Å². The van der Waals surface area contributed by atoms with E-state index in [4.69, 9.17) is 10.7 Å². The van der Waals surface area contributed by atoms with Crippen LogP contribution in [0.5, 0.6) is 0 Å². The topological polar surface area (TPSA) is 38.9 Å². The number of nitrogen functional groups attached to an aromatic ring is 1. The zero-order valence-corrected chi connectivity index (χ0v) is 10.7. The molecule has 1 aliphatic carbocycles. The first kappa shape index (κ1) is 10.1. The summed E-state index contributed by atoms with van der Waals surface area (Å²) in [5.41, 5.74) is 10.3. The van der Waals surface area contributed by atoms with Crippen LogP contribution >= 0.6 is 15.9 Å². The van der Waals surface area contributed by atoms with Gasteiger partial charge in [-0.3, -0.25) is 4.98 Å². The number of anilines is 1. The van der Waals surface area contributed by atoms with Crippen LogP contribution in [0.1, 0.15) is 30.0 Å². The molecule has 1 fully saturated rings. The van der Waals surface area contributed by atoms with Crippen molar-refractivity contribution in [2.45, 2.75) is 25.7 Å². The molecule has 3 heteroatoms. The average molecular weight is 277 g/mol. The molecule has 1 heterocycles. The van der Waals surface area contributed by atoms with E-state index in [0.29, 0.717) is 5.92 Å². The molecule has 0 unspecified atom stereocenters. The van der Waals surface area contributed by atoms with E-state index < -0.39 is 0 Å². The van der Waals surface area contributed by atoms with E-state index in [-0.39, 0.29) is 0 Å². The Balaban J connectivity index is 2.36. The monoisotopic (exact) mass is 276 g/mol. The fraction of sp³-hybridized carbons (Fsp3) is 0.308. The number of nitrogens with two attached hydrogens (primary N) is 1. The van der Waals surface area contributed by atoms with Gasteiger partial charge in [-0.2, -0.15) is 0 Å². The Morgan fingerprint density at radius 1 is 1.38 bits per heavy atom. The first-order chi connectivity index (χ1) is 7.66. The molecule has 82 valence electrons. The van der Waals surface area contributed by atoms with Gasteiger partial charge >= 0.3 is 0 Å². The van der Waals surface area contributed by atoms with Crippen LogP contribution in [0.3, 0.4) is 0 Å². The predicted molar refractivity (Wildman–Crippen MR) is 70.6 cm³/mol. The third kappa shape index (κ3) is 1.50. The molecule has 2 aromatic rings. The lowest BCUT2D eigenvalue weighted by atomic mass is 10.1. The van der Waals surface area contributed by atoms with Gasteiger partial charge in [0.25, 0.3) is 0 Å². The lowest BCUT2D eigenvalue weighted by molar-refractivity contribution is 1.04. The summed E-state index contributed by atoms with van der Waals surface area (Å²) in [5.74, 6) is 0.644. The number of hydrogen-bond donors (Lipinski definition) is 1. The van der Waals surface area contributed by atoms with Gasteiger partial charge in [0.1, 0.15) is 0 Å². The SMILES string of the molecule is Cc1ccc(Br)c2c(N)cc(C3CC3)nc12. The minimum Gasteiger partial charge on any atom is -0.398 e. The maximum atomic E-state index is 6.12.